The number of carbonyl (C=O) groups is 1. The highest BCUT2D eigenvalue weighted by Gasteiger charge is 2.47. The third-order valence-electron chi connectivity index (χ3n) is 3.94. The first-order valence-corrected chi connectivity index (χ1v) is 6.88. The largest absolute Gasteiger partial charge is 0.388 e. The first-order chi connectivity index (χ1) is 10.2. The fourth-order valence-corrected chi connectivity index (χ4v) is 2.89. The minimum atomic E-state index is -0.618. The summed E-state index contributed by atoms with van der Waals surface area (Å²) in [6.07, 6.45) is 2.26. The zero-order valence-corrected chi connectivity index (χ0v) is 11.2. The number of rotatable bonds is 2. The molecule has 2 aliphatic rings. The van der Waals surface area contributed by atoms with Crippen molar-refractivity contribution in [2.24, 2.45) is 0 Å². The van der Waals surface area contributed by atoms with Crippen molar-refractivity contribution in [2.75, 3.05) is 13.2 Å². The Bertz CT molecular complexity index is 653. The molecule has 0 unspecified atom stereocenters. The first-order valence-electron chi connectivity index (χ1n) is 6.88. The summed E-state index contributed by atoms with van der Waals surface area (Å²) in [5.74, 6) is -0.266. The summed E-state index contributed by atoms with van der Waals surface area (Å²) in [6.45, 7) is 0.585. The van der Waals surface area contributed by atoms with E-state index in [4.69, 9.17) is 9.47 Å². The van der Waals surface area contributed by atoms with Gasteiger partial charge in [0, 0.05) is 12.4 Å². The Hall–Kier alpha value is -1.96. The van der Waals surface area contributed by atoms with Crippen LogP contribution in [0.1, 0.15) is 10.5 Å². The Morgan fingerprint density at radius 1 is 1.33 bits per heavy atom. The number of aliphatic hydroxyl groups excluding tert-OH is 1. The van der Waals surface area contributed by atoms with Crippen molar-refractivity contribution in [3.05, 3.63) is 36.3 Å². The van der Waals surface area contributed by atoms with Crippen LogP contribution in [0.3, 0.4) is 0 Å². The SMILES string of the molecule is O=C(N[C@@H]1CO[C@H]2[C@@H]1OC[C@H]2O)c1cn2ccccc2n1. The third-order valence-corrected chi connectivity index (χ3v) is 3.94. The average Bonchev–Trinajstić information content (AvgIpc) is 3.16. The van der Waals surface area contributed by atoms with Crippen LogP contribution in [0.15, 0.2) is 30.6 Å². The molecule has 4 rings (SSSR count). The molecule has 0 bridgehead atoms. The number of pyridine rings is 1. The molecule has 2 aromatic heterocycles. The Morgan fingerprint density at radius 2 is 2.19 bits per heavy atom. The van der Waals surface area contributed by atoms with Gasteiger partial charge in [0.05, 0.1) is 19.3 Å². The lowest BCUT2D eigenvalue weighted by Crippen LogP contribution is -2.44. The number of nitrogens with one attached hydrogen (secondary N) is 1. The summed E-state index contributed by atoms with van der Waals surface area (Å²) in [5, 5.41) is 12.6. The van der Waals surface area contributed by atoms with Crippen LogP contribution in [-0.4, -0.2) is 58.0 Å². The third kappa shape index (κ3) is 2.10. The molecule has 7 nitrogen and oxygen atoms in total. The highest BCUT2D eigenvalue weighted by molar-refractivity contribution is 5.93. The molecular weight excluding hydrogens is 274 g/mol. The number of imidazole rings is 1. The monoisotopic (exact) mass is 289 g/mol. The molecule has 21 heavy (non-hydrogen) atoms. The van der Waals surface area contributed by atoms with Crippen molar-refractivity contribution in [2.45, 2.75) is 24.4 Å². The molecule has 0 radical (unpaired) electrons. The van der Waals surface area contributed by atoms with Crippen molar-refractivity contribution in [1.29, 1.82) is 0 Å². The molecule has 2 aliphatic heterocycles. The second-order valence-electron chi connectivity index (χ2n) is 5.34. The van der Waals surface area contributed by atoms with Gasteiger partial charge in [-0.05, 0) is 12.1 Å². The van der Waals surface area contributed by atoms with Crippen LogP contribution in [0.4, 0.5) is 0 Å². The molecule has 2 aromatic rings. The van der Waals surface area contributed by atoms with Crippen molar-refractivity contribution >= 4 is 11.6 Å². The summed E-state index contributed by atoms with van der Waals surface area (Å²) in [6, 6.07) is 5.32. The number of hydrogen-bond donors (Lipinski definition) is 2. The van der Waals surface area contributed by atoms with Gasteiger partial charge in [-0.25, -0.2) is 4.98 Å². The molecule has 7 heteroatoms. The number of amides is 1. The van der Waals surface area contributed by atoms with E-state index in [1.807, 2.05) is 24.4 Å². The zero-order valence-electron chi connectivity index (χ0n) is 11.2. The van der Waals surface area contributed by atoms with Gasteiger partial charge in [-0.1, -0.05) is 6.07 Å². The van der Waals surface area contributed by atoms with E-state index in [1.54, 1.807) is 10.6 Å². The molecule has 2 fully saturated rings. The van der Waals surface area contributed by atoms with Crippen LogP contribution < -0.4 is 5.32 Å². The smallest absolute Gasteiger partial charge is 0.271 e. The van der Waals surface area contributed by atoms with Crippen LogP contribution in [0.2, 0.25) is 0 Å². The summed E-state index contributed by atoms with van der Waals surface area (Å²) in [7, 11) is 0. The quantitative estimate of drug-likeness (QED) is 0.785. The summed E-state index contributed by atoms with van der Waals surface area (Å²) >= 11 is 0. The number of carbonyl (C=O) groups excluding carboxylic acids is 1. The van der Waals surface area contributed by atoms with Crippen LogP contribution in [0.25, 0.3) is 5.65 Å². The number of hydrogen-bond acceptors (Lipinski definition) is 5. The van der Waals surface area contributed by atoms with Crippen molar-refractivity contribution in [3.8, 4) is 0 Å². The topological polar surface area (TPSA) is 85.1 Å². The van der Waals surface area contributed by atoms with Gasteiger partial charge < -0.3 is 24.3 Å². The van der Waals surface area contributed by atoms with Gasteiger partial charge >= 0.3 is 0 Å². The molecule has 0 spiro atoms. The van der Waals surface area contributed by atoms with Gasteiger partial charge in [0.15, 0.2) is 0 Å². The second-order valence-corrected chi connectivity index (χ2v) is 5.34. The molecule has 4 heterocycles. The van der Waals surface area contributed by atoms with E-state index in [9.17, 15) is 9.90 Å². The van der Waals surface area contributed by atoms with E-state index in [-0.39, 0.29) is 30.8 Å². The van der Waals surface area contributed by atoms with Gasteiger partial charge in [0.1, 0.15) is 29.7 Å². The van der Waals surface area contributed by atoms with Crippen molar-refractivity contribution in [3.63, 3.8) is 0 Å². The van der Waals surface area contributed by atoms with Gasteiger partial charge in [-0.15, -0.1) is 0 Å². The predicted octanol–water partition coefficient (Wildman–Crippen LogP) is -0.409. The molecule has 0 aromatic carbocycles. The molecule has 4 atom stereocenters. The number of fused-ring (bicyclic) bond motifs is 2. The lowest BCUT2D eigenvalue weighted by molar-refractivity contribution is 0.0178. The van der Waals surface area contributed by atoms with E-state index in [1.165, 1.54) is 0 Å². The predicted molar refractivity (Wildman–Crippen MR) is 71.9 cm³/mol. The van der Waals surface area contributed by atoms with E-state index in [2.05, 4.69) is 10.3 Å². The van der Waals surface area contributed by atoms with E-state index in [0.29, 0.717) is 12.3 Å². The Labute approximate surface area is 120 Å². The van der Waals surface area contributed by atoms with E-state index < -0.39 is 6.10 Å². The van der Waals surface area contributed by atoms with E-state index in [0.717, 1.165) is 5.65 Å². The molecule has 1 amide bonds. The number of ether oxygens (including phenoxy) is 2. The Kier molecular flexibility index (Phi) is 2.91. The van der Waals surface area contributed by atoms with Gasteiger partial charge in [-0.3, -0.25) is 4.79 Å². The fraction of sp³-hybridized carbons (Fsp3) is 0.429. The lowest BCUT2D eigenvalue weighted by Gasteiger charge is -2.16. The van der Waals surface area contributed by atoms with Crippen LogP contribution in [0.5, 0.6) is 0 Å². The summed E-state index contributed by atoms with van der Waals surface area (Å²) < 4.78 is 12.8. The number of aromatic nitrogens is 2. The van der Waals surface area contributed by atoms with Crippen LogP contribution in [-0.2, 0) is 9.47 Å². The molecule has 0 saturated carbocycles. The van der Waals surface area contributed by atoms with Crippen LogP contribution >= 0.6 is 0 Å². The zero-order chi connectivity index (χ0) is 14.4. The standard InChI is InChI=1S/C14H15N3O4/c18-10-7-21-12-9(6-20-13(10)12)16-14(19)8-5-17-4-2-1-3-11(17)15-8/h1-5,9-10,12-13,18H,6-7H2,(H,16,19)/t9-,10-,12-,13-/m1/s1. The lowest BCUT2D eigenvalue weighted by atomic mass is 10.1. The summed E-state index contributed by atoms with van der Waals surface area (Å²) in [5.41, 5.74) is 1.07. The number of aliphatic hydroxyl groups is 1. The maximum atomic E-state index is 12.3. The molecule has 2 saturated heterocycles. The fourth-order valence-electron chi connectivity index (χ4n) is 2.89. The van der Waals surface area contributed by atoms with Crippen LogP contribution in [0, 0.1) is 0 Å². The van der Waals surface area contributed by atoms with Gasteiger partial charge in [0.25, 0.3) is 5.91 Å². The first kappa shape index (κ1) is 12.8. The second kappa shape index (κ2) is 4.80. The minimum absolute atomic E-state index is 0.246. The Balaban J connectivity index is 1.51. The number of nitrogens with zero attached hydrogens (tertiary/aromatic N) is 2. The highest BCUT2D eigenvalue weighted by Crippen LogP contribution is 2.27. The molecule has 110 valence electrons. The molecule has 2 N–H and O–H groups in total. The van der Waals surface area contributed by atoms with Gasteiger partial charge in [-0.2, -0.15) is 0 Å². The van der Waals surface area contributed by atoms with Crippen molar-refractivity contribution < 1.29 is 19.4 Å². The molecule has 0 aliphatic carbocycles. The average molecular weight is 289 g/mol. The van der Waals surface area contributed by atoms with Crippen molar-refractivity contribution in [1.82, 2.24) is 14.7 Å². The maximum Gasteiger partial charge on any atom is 0.271 e. The Morgan fingerprint density at radius 3 is 3.05 bits per heavy atom. The normalized spacial score (nSPS) is 31.5. The molecular formula is C14H15N3O4. The maximum absolute atomic E-state index is 12.3. The van der Waals surface area contributed by atoms with E-state index >= 15 is 0 Å². The van der Waals surface area contributed by atoms with Gasteiger partial charge in [0.2, 0.25) is 0 Å². The minimum Gasteiger partial charge on any atom is -0.388 e. The highest BCUT2D eigenvalue weighted by atomic mass is 16.6. The summed E-state index contributed by atoms with van der Waals surface area (Å²) in [4.78, 5) is 16.6.